The second-order valence-electron chi connectivity index (χ2n) is 2.80. The van der Waals surface area contributed by atoms with E-state index < -0.39 is 0 Å². The Morgan fingerprint density at radius 3 is 2.79 bits per heavy atom. The fourth-order valence-corrected chi connectivity index (χ4v) is 0.990. The monoisotopic (exact) mass is 198 g/mol. The molecule has 0 aliphatic carbocycles. The summed E-state index contributed by atoms with van der Waals surface area (Å²) >= 11 is 0. The maximum absolute atomic E-state index is 10.8. The first-order valence-electron chi connectivity index (χ1n) is 4.36. The quantitative estimate of drug-likeness (QED) is 0.602. The lowest BCUT2D eigenvalue weighted by atomic mass is 10.4. The molecule has 0 saturated heterocycles. The van der Waals surface area contributed by atoms with E-state index in [4.69, 9.17) is 9.52 Å². The Kier molecular flexibility index (Phi) is 4.15. The van der Waals surface area contributed by atoms with Crippen molar-refractivity contribution in [3.8, 4) is 0 Å². The highest BCUT2D eigenvalue weighted by atomic mass is 16.4. The van der Waals surface area contributed by atoms with E-state index in [2.05, 4.69) is 10.6 Å². The second kappa shape index (κ2) is 5.41. The van der Waals surface area contributed by atoms with Crippen LogP contribution in [0.1, 0.15) is 11.5 Å². The van der Waals surface area contributed by atoms with Gasteiger partial charge in [0, 0.05) is 7.05 Å². The zero-order valence-electron chi connectivity index (χ0n) is 8.04. The van der Waals surface area contributed by atoms with E-state index in [1.165, 1.54) is 0 Å². The topological polar surface area (TPSA) is 74.5 Å². The molecule has 0 aromatic carbocycles. The van der Waals surface area contributed by atoms with Crippen molar-refractivity contribution >= 4 is 5.91 Å². The van der Waals surface area contributed by atoms with E-state index >= 15 is 0 Å². The molecule has 0 fully saturated rings. The molecule has 3 N–H and O–H groups in total. The summed E-state index contributed by atoms with van der Waals surface area (Å²) in [5.74, 6) is 1.17. The summed E-state index contributed by atoms with van der Waals surface area (Å²) in [7, 11) is 1.58. The predicted octanol–water partition coefficient (Wildman–Crippen LogP) is -0.393. The van der Waals surface area contributed by atoms with Crippen molar-refractivity contribution < 1.29 is 14.3 Å². The number of aliphatic hydroxyl groups excluding tert-OH is 1. The first-order valence-corrected chi connectivity index (χ1v) is 4.36. The molecule has 0 aliphatic heterocycles. The molecule has 1 aromatic rings. The third-order valence-electron chi connectivity index (χ3n) is 1.74. The van der Waals surface area contributed by atoms with Gasteiger partial charge in [0.1, 0.15) is 18.1 Å². The molecule has 0 spiro atoms. The fourth-order valence-electron chi connectivity index (χ4n) is 0.990. The Morgan fingerprint density at radius 1 is 1.50 bits per heavy atom. The molecule has 0 saturated carbocycles. The van der Waals surface area contributed by atoms with Crippen molar-refractivity contribution in [2.75, 3.05) is 13.6 Å². The maximum Gasteiger partial charge on any atom is 0.233 e. The molecule has 0 bridgehead atoms. The molecule has 0 aliphatic rings. The summed E-state index contributed by atoms with van der Waals surface area (Å²) in [6.07, 6.45) is 0. The molecule has 0 unspecified atom stereocenters. The molecule has 5 heteroatoms. The minimum absolute atomic E-state index is 0.0704. The summed E-state index contributed by atoms with van der Waals surface area (Å²) in [5, 5.41) is 14.1. The summed E-state index contributed by atoms with van der Waals surface area (Å²) in [4.78, 5) is 10.8. The second-order valence-corrected chi connectivity index (χ2v) is 2.80. The number of amides is 1. The largest absolute Gasteiger partial charge is 0.462 e. The Hall–Kier alpha value is -1.33. The van der Waals surface area contributed by atoms with Crippen LogP contribution in [-0.2, 0) is 17.9 Å². The number of hydrogen-bond acceptors (Lipinski definition) is 4. The van der Waals surface area contributed by atoms with Gasteiger partial charge in [-0.25, -0.2) is 0 Å². The third kappa shape index (κ3) is 3.20. The lowest BCUT2D eigenvalue weighted by Crippen LogP contribution is -2.30. The van der Waals surface area contributed by atoms with Crippen LogP contribution in [0.15, 0.2) is 16.5 Å². The van der Waals surface area contributed by atoms with E-state index in [9.17, 15) is 4.79 Å². The zero-order chi connectivity index (χ0) is 10.4. The normalized spacial score (nSPS) is 10.1. The summed E-state index contributed by atoms with van der Waals surface area (Å²) < 4.78 is 5.20. The Labute approximate surface area is 82.1 Å². The van der Waals surface area contributed by atoms with Crippen LogP contribution in [0.2, 0.25) is 0 Å². The number of nitrogens with one attached hydrogen (secondary N) is 2. The number of carbonyl (C=O) groups is 1. The molecular formula is C9H14N2O3. The van der Waals surface area contributed by atoms with Crippen LogP contribution in [0.5, 0.6) is 0 Å². The van der Waals surface area contributed by atoms with Gasteiger partial charge in [-0.2, -0.15) is 0 Å². The summed E-state index contributed by atoms with van der Waals surface area (Å²) in [5.41, 5.74) is 0. The van der Waals surface area contributed by atoms with Gasteiger partial charge in [0.25, 0.3) is 0 Å². The minimum Gasteiger partial charge on any atom is -0.462 e. The van der Waals surface area contributed by atoms with Gasteiger partial charge >= 0.3 is 0 Å². The van der Waals surface area contributed by atoms with Crippen molar-refractivity contribution in [2.45, 2.75) is 13.2 Å². The maximum atomic E-state index is 10.8. The predicted molar refractivity (Wildman–Crippen MR) is 50.4 cm³/mol. The highest BCUT2D eigenvalue weighted by Gasteiger charge is 2.01. The van der Waals surface area contributed by atoms with Gasteiger partial charge in [-0.3, -0.25) is 4.79 Å². The number of rotatable bonds is 5. The molecule has 14 heavy (non-hydrogen) atoms. The van der Waals surface area contributed by atoms with Gasteiger partial charge in [-0.1, -0.05) is 0 Å². The molecule has 1 aromatic heterocycles. The van der Waals surface area contributed by atoms with E-state index in [1.54, 1.807) is 19.2 Å². The molecule has 1 amide bonds. The number of hydrogen-bond donors (Lipinski definition) is 3. The van der Waals surface area contributed by atoms with Crippen LogP contribution in [-0.4, -0.2) is 24.6 Å². The standard InChI is InChI=1S/C9H14N2O3/c1-10-9(13)5-11-4-7-2-3-8(6-12)14-7/h2-3,11-12H,4-6H2,1H3,(H,10,13). The van der Waals surface area contributed by atoms with Crippen LogP contribution >= 0.6 is 0 Å². The number of carbonyl (C=O) groups excluding carboxylic acids is 1. The Morgan fingerprint density at radius 2 is 2.21 bits per heavy atom. The van der Waals surface area contributed by atoms with Crippen molar-refractivity contribution in [3.05, 3.63) is 23.7 Å². The zero-order valence-corrected chi connectivity index (χ0v) is 8.04. The van der Waals surface area contributed by atoms with Gasteiger partial charge in [0.05, 0.1) is 13.1 Å². The molecule has 1 rings (SSSR count). The molecule has 1 heterocycles. The summed E-state index contributed by atoms with van der Waals surface area (Å²) in [6.45, 7) is 0.633. The Balaban J connectivity index is 2.27. The molecule has 78 valence electrons. The van der Waals surface area contributed by atoms with E-state index in [0.717, 1.165) is 0 Å². The summed E-state index contributed by atoms with van der Waals surface area (Å²) in [6, 6.07) is 3.47. The van der Waals surface area contributed by atoms with Crippen molar-refractivity contribution in [1.29, 1.82) is 0 Å². The Bertz CT molecular complexity index is 296. The van der Waals surface area contributed by atoms with Crippen LogP contribution in [0.4, 0.5) is 0 Å². The van der Waals surface area contributed by atoms with Gasteiger partial charge < -0.3 is 20.2 Å². The number of aliphatic hydroxyl groups is 1. The highest BCUT2D eigenvalue weighted by Crippen LogP contribution is 2.06. The van der Waals surface area contributed by atoms with Gasteiger partial charge in [-0.15, -0.1) is 0 Å². The lowest BCUT2D eigenvalue weighted by molar-refractivity contribution is -0.119. The third-order valence-corrected chi connectivity index (χ3v) is 1.74. The minimum atomic E-state index is -0.102. The molecular weight excluding hydrogens is 184 g/mol. The van der Waals surface area contributed by atoms with Gasteiger partial charge in [0.2, 0.25) is 5.91 Å². The number of likely N-dealkylation sites (N-methyl/N-ethyl adjacent to an activating group) is 1. The van der Waals surface area contributed by atoms with E-state index in [0.29, 0.717) is 18.1 Å². The molecule has 0 atom stereocenters. The lowest BCUT2D eigenvalue weighted by Gasteiger charge is -2.00. The molecule has 5 nitrogen and oxygen atoms in total. The fraction of sp³-hybridized carbons (Fsp3) is 0.444. The average molecular weight is 198 g/mol. The van der Waals surface area contributed by atoms with Crippen LogP contribution in [0.3, 0.4) is 0 Å². The van der Waals surface area contributed by atoms with E-state index in [-0.39, 0.29) is 19.1 Å². The SMILES string of the molecule is CNC(=O)CNCc1ccc(CO)o1. The van der Waals surface area contributed by atoms with Crippen LogP contribution in [0, 0.1) is 0 Å². The van der Waals surface area contributed by atoms with E-state index in [1.807, 2.05) is 0 Å². The van der Waals surface area contributed by atoms with Gasteiger partial charge in [-0.05, 0) is 12.1 Å². The van der Waals surface area contributed by atoms with Gasteiger partial charge in [0.15, 0.2) is 0 Å². The first-order chi connectivity index (χ1) is 6.76. The highest BCUT2D eigenvalue weighted by molar-refractivity contribution is 5.77. The first kappa shape index (κ1) is 10.7. The smallest absolute Gasteiger partial charge is 0.233 e. The van der Waals surface area contributed by atoms with Crippen molar-refractivity contribution in [3.63, 3.8) is 0 Å². The number of furan rings is 1. The van der Waals surface area contributed by atoms with Crippen molar-refractivity contribution in [1.82, 2.24) is 10.6 Å². The van der Waals surface area contributed by atoms with Crippen molar-refractivity contribution in [2.24, 2.45) is 0 Å². The van der Waals surface area contributed by atoms with Crippen LogP contribution < -0.4 is 10.6 Å². The van der Waals surface area contributed by atoms with Crippen LogP contribution in [0.25, 0.3) is 0 Å². The average Bonchev–Trinajstić information content (AvgIpc) is 2.65. The molecule has 0 radical (unpaired) electrons.